The molecule has 5 nitrogen and oxygen atoms in total. The van der Waals surface area contributed by atoms with Crippen LogP contribution in [0.3, 0.4) is 0 Å². The Morgan fingerprint density at radius 2 is 2.05 bits per heavy atom. The third kappa shape index (κ3) is 2.60. The Bertz CT molecular complexity index is 667. The maximum atomic E-state index is 5.95. The standard InChI is InChI=1S/C15H18BrN3O2/c1-8(2)13-14(10-7-12(17)19-18-10)9(16)6-11-15(13)21-5-3-4-20-11/h6-8H,3-5H2,1-2H3,(H3,17,18,19). The molecule has 112 valence electrons. The number of nitrogens with one attached hydrogen (secondary N) is 1. The van der Waals surface area contributed by atoms with Gasteiger partial charge in [0.25, 0.3) is 0 Å². The van der Waals surface area contributed by atoms with Gasteiger partial charge in [0.2, 0.25) is 0 Å². The van der Waals surface area contributed by atoms with Crippen molar-refractivity contribution in [1.82, 2.24) is 10.2 Å². The summed E-state index contributed by atoms with van der Waals surface area (Å²) >= 11 is 3.64. The lowest BCUT2D eigenvalue weighted by Gasteiger charge is -2.20. The number of H-pyrrole nitrogens is 1. The summed E-state index contributed by atoms with van der Waals surface area (Å²) in [6.07, 6.45) is 0.885. The van der Waals surface area contributed by atoms with Gasteiger partial charge >= 0.3 is 0 Å². The molecule has 21 heavy (non-hydrogen) atoms. The molecule has 1 aliphatic rings. The summed E-state index contributed by atoms with van der Waals surface area (Å²) in [5, 5.41) is 7.00. The topological polar surface area (TPSA) is 73.2 Å². The van der Waals surface area contributed by atoms with Crippen LogP contribution in [-0.4, -0.2) is 23.4 Å². The number of fused-ring (bicyclic) bond motifs is 1. The molecule has 0 spiro atoms. The van der Waals surface area contributed by atoms with E-state index in [0.717, 1.165) is 39.2 Å². The number of benzene rings is 1. The molecule has 0 amide bonds. The van der Waals surface area contributed by atoms with Gasteiger partial charge in [0, 0.05) is 28.1 Å². The largest absolute Gasteiger partial charge is 0.490 e. The maximum Gasteiger partial charge on any atom is 0.165 e. The fourth-order valence-electron chi connectivity index (χ4n) is 2.59. The zero-order valence-corrected chi connectivity index (χ0v) is 13.7. The molecule has 3 rings (SSSR count). The number of hydrogen-bond donors (Lipinski definition) is 2. The molecular formula is C15H18BrN3O2. The van der Waals surface area contributed by atoms with E-state index >= 15 is 0 Å². The lowest BCUT2D eigenvalue weighted by molar-refractivity contribution is 0.296. The van der Waals surface area contributed by atoms with E-state index in [0.29, 0.717) is 19.0 Å². The molecule has 0 saturated heterocycles. The molecule has 1 aliphatic heterocycles. The predicted octanol–water partition coefficient (Wildman–Crippen LogP) is 3.71. The predicted molar refractivity (Wildman–Crippen MR) is 85.8 cm³/mol. The lowest BCUT2D eigenvalue weighted by Crippen LogP contribution is -2.02. The first-order valence-electron chi connectivity index (χ1n) is 7.01. The molecule has 0 fully saturated rings. The summed E-state index contributed by atoms with van der Waals surface area (Å²) in [6.45, 7) is 5.62. The molecule has 2 heterocycles. The van der Waals surface area contributed by atoms with Gasteiger partial charge in [-0.25, -0.2) is 0 Å². The van der Waals surface area contributed by atoms with Gasteiger partial charge in [0.15, 0.2) is 11.5 Å². The third-order valence-electron chi connectivity index (χ3n) is 3.47. The van der Waals surface area contributed by atoms with Crippen LogP contribution in [0.25, 0.3) is 11.3 Å². The summed E-state index contributed by atoms with van der Waals surface area (Å²) < 4.78 is 12.7. The van der Waals surface area contributed by atoms with Crippen LogP contribution in [-0.2, 0) is 0 Å². The van der Waals surface area contributed by atoms with E-state index in [1.807, 2.05) is 12.1 Å². The smallest absolute Gasteiger partial charge is 0.165 e. The maximum absolute atomic E-state index is 5.95. The molecule has 0 radical (unpaired) electrons. The van der Waals surface area contributed by atoms with Crippen molar-refractivity contribution in [2.75, 3.05) is 18.9 Å². The molecule has 0 aliphatic carbocycles. The molecule has 0 unspecified atom stereocenters. The van der Waals surface area contributed by atoms with E-state index in [-0.39, 0.29) is 5.92 Å². The Balaban J connectivity index is 2.26. The zero-order chi connectivity index (χ0) is 15.0. The Labute approximate surface area is 132 Å². The van der Waals surface area contributed by atoms with Crippen LogP contribution < -0.4 is 15.2 Å². The third-order valence-corrected chi connectivity index (χ3v) is 4.10. The molecule has 0 bridgehead atoms. The van der Waals surface area contributed by atoms with Gasteiger partial charge in [-0.15, -0.1) is 0 Å². The normalized spacial score (nSPS) is 14.3. The molecule has 3 N–H and O–H groups in total. The van der Waals surface area contributed by atoms with Crippen LogP contribution in [0.15, 0.2) is 16.6 Å². The van der Waals surface area contributed by atoms with Crippen LogP contribution in [0.2, 0.25) is 0 Å². The number of nitrogens with zero attached hydrogens (tertiary/aromatic N) is 1. The first kappa shape index (κ1) is 14.3. The molecule has 0 atom stereocenters. The minimum Gasteiger partial charge on any atom is -0.490 e. The van der Waals surface area contributed by atoms with Gasteiger partial charge in [-0.3, -0.25) is 5.10 Å². The van der Waals surface area contributed by atoms with Crippen LogP contribution >= 0.6 is 15.9 Å². The van der Waals surface area contributed by atoms with Crippen LogP contribution in [0, 0.1) is 0 Å². The number of ether oxygens (including phenoxy) is 2. The first-order chi connectivity index (χ1) is 10.1. The molecular weight excluding hydrogens is 334 g/mol. The van der Waals surface area contributed by atoms with Crippen LogP contribution in [0.5, 0.6) is 11.5 Å². The molecule has 0 saturated carbocycles. The van der Waals surface area contributed by atoms with Crippen LogP contribution in [0.1, 0.15) is 31.7 Å². The van der Waals surface area contributed by atoms with Crippen molar-refractivity contribution in [3.63, 3.8) is 0 Å². The highest BCUT2D eigenvalue weighted by atomic mass is 79.9. The van der Waals surface area contributed by atoms with E-state index in [2.05, 4.69) is 40.0 Å². The number of rotatable bonds is 2. The van der Waals surface area contributed by atoms with Crippen molar-refractivity contribution in [2.24, 2.45) is 0 Å². The Hall–Kier alpha value is -1.69. The highest BCUT2D eigenvalue weighted by Gasteiger charge is 2.25. The van der Waals surface area contributed by atoms with E-state index in [1.54, 1.807) is 0 Å². The van der Waals surface area contributed by atoms with Gasteiger partial charge in [0.05, 0.1) is 18.9 Å². The van der Waals surface area contributed by atoms with Crippen molar-refractivity contribution in [3.05, 3.63) is 22.2 Å². The quantitative estimate of drug-likeness (QED) is 0.864. The number of nitrogens with two attached hydrogens (primary N) is 1. The minimum absolute atomic E-state index is 0.275. The number of halogens is 1. The number of aromatic amines is 1. The monoisotopic (exact) mass is 351 g/mol. The highest BCUT2D eigenvalue weighted by molar-refractivity contribution is 9.10. The zero-order valence-electron chi connectivity index (χ0n) is 12.1. The second kappa shape index (κ2) is 5.60. The first-order valence-corrected chi connectivity index (χ1v) is 7.80. The lowest BCUT2D eigenvalue weighted by atomic mass is 9.93. The number of aromatic nitrogens is 2. The number of nitrogen functional groups attached to an aromatic ring is 1. The second-order valence-corrected chi connectivity index (χ2v) is 6.24. The van der Waals surface area contributed by atoms with Gasteiger partial charge in [-0.2, -0.15) is 5.10 Å². The fourth-order valence-corrected chi connectivity index (χ4v) is 3.22. The summed E-state index contributed by atoms with van der Waals surface area (Å²) in [5.41, 5.74) is 8.74. The van der Waals surface area contributed by atoms with Crippen molar-refractivity contribution < 1.29 is 9.47 Å². The van der Waals surface area contributed by atoms with E-state index in [1.165, 1.54) is 0 Å². The van der Waals surface area contributed by atoms with Crippen molar-refractivity contribution >= 4 is 21.7 Å². The fraction of sp³-hybridized carbons (Fsp3) is 0.400. The Morgan fingerprint density at radius 1 is 1.29 bits per heavy atom. The van der Waals surface area contributed by atoms with Crippen molar-refractivity contribution in [3.8, 4) is 22.8 Å². The van der Waals surface area contributed by atoms with Gasteiger partial charge in [-0.05, 0) is 27.9 Å². The van der Waals surface area contributed by atoms with Crippen molar-refractivity contribution in [1.29, 1.82) is 0 Å². The average Bonchev–Trinajstić information content (AvgIpc) is 2.71. The highest BCUT2D eigenvalue weighted by Crippen LogP contribution is 2.47. The van der Waals surface area contributed by atoms with Gasteiger partial charge in [-0.1, -0.05) is 13.8 Å². The molecule has 2 aromatic rings. The molecule has 1 aromatic heterocycles. The Morgan fingerprint density at radius 3 is 2.71 bits per heavy atom. The Kier molecular flexibility index (Phi) is 3.80. The average molecular weight is 352 g/mol. The van der Waals surface area contributed by atoms with Gasteiger partial charge < -0.3 is 15.2 Å². The van der Waals surface area contributed by atoms with Crippen molar-refractivity contribution in [2.45, 2.75) is 26.2 Å². The number of hydrogen-bond acceptors (Lipinski definition) is 4. The molecule has 6 heteroatoms. The number of anilines is 1. The summed E-state index contributed by atoms with van der Waals surface area (Å²) in [4.78, 5) is 0. The molecule has 1 aromatic carbocycles. The summed E-state index contributed by atoms with van der Waals surface area (Å²) in [5.74, 6) is 2.37. The second-order valence-electron chi connectivity index (χ2n) is 5.39. The minimum atomic E-state index is 0.275. The SMILES string of the molecule is CC(C)c1c2c(cc(Br)c1-c1cc(N)n[nH]1)OCCCO2. The van der Waals surface area contributed by atoms with E-state index in [4.69, 9.17) is 15.2 Å². The van der Waals surface area contributed by atoms with E-state index in [9.17, 15) is 0 Å². The van der Waals surface area contributed by atoms with E-state index < -0.39 is 0 Å². The summed E-state index contributed by atoms with van der Waals surface area (Å²) in [7, 11) is 0. The van der Waals surface area contributed by atoms with Crippen LogP contribution in [0.4, 0.5) is 5.82 Å². The van der Waals surface area contributed by atoms with Gasteiger partial charge in [0.1, 0.15) is 5.82 Å². The summed E-state index contributed by atoms with van der Waals surface area (Å²) in [6, 6.07) is 3.79.